The van der Waals surface area contributed by atoms with Gasteiger partial charge in [0.2, 0.25) is 11.8 Å². The van der Waals surface area contributed by atoms with Crippen LogP contribution in [-0.2, 0) is 9.59 Å². The van der Waals surface area contributed by atoms with E-state index >= 15 is 0 Å². The lowest BCUT2D eigenvalue weighted by Crippen LogP contribution is -2.47. The fraction of sp³-hybridized carbons (Fsp3) is 0.346. The Balaban J connectivity index is 1.57. The van der Waals surface area contributed by atoms with Crippen LogP contribution in [0, 0.1) is 5.92 Å². The van der Waals surface area contributed by atoms with E-state index in [2.05, 4.69) is 17.2 Å². The number of carbonyl (C=O) groups is 2. The Labute approximate surface area is 198 Å². The minimum absolute atomic E-state index is 0.0631. The van der Waals surface area contributed by atoms with Crippen LogP contribution in [-0.4, -0.2) is 35.4 Å². The standard InChI is InChI=1S/C26H29N3O3S/c1-3-4-16-29-23(30)14-13-22(24(29)18-7-11-21(32-2)12-8-18)25(31)28-20-9-5-19(6-10-20)26-27-15-17-33-26/h5-12,15,17,22,24H,3-4,13-14,16H2,1-2H3,(H,28,31)/t22-,24-/m1/s1. The second-order valence-electron chi connectivity index (χ2n) is 8.21. The summed E-state index contributed by atoms with van der Waals surface area (Å²) in [7, 11) is 1.63. The highest BCUT2D eigenvalue weighted by atomic mass is 32.1. The molecule has 1 saturated heterocycles. The molecule has 0 spiro atoms. The number of nitrogens with one attached hydrogen (secondary N) is 1. The number of carbonyl (C=O) groups excluding carboxylic acids is 2. The Morgan fingerprint density at radius 1 is 1.18 bits per heavy atom. The summed E-state index contributed by atoms with van der Waals surface area (Å²) in [6.45, 7) is 2.76. The van der Waals surface area contributed by atoms with Crippen molar-refractivity contribution in [1.29, 1.82) is 0 Å². The van der Waals surface area contributed by atoms with E-state index in [4.69, 9.17) is 4.74 Å². The van der Waals surface area contributed by atoms with Crippen molar-refractivity contribution in [1.82, 2.24) is 9.88 Å². The summed E-state index contributed by atoms with van der Waals surface area (Å²) in [5.41, 5.74) is 2.72. The minimum atomic E-state index is -0.327. The maximum atomic E-state index is 13.4. The van der Waals surface area contributed by atoms with Crippen LogP contribution in [0.25, 0.3) is 10.6 Å². The molecule has 0 saturated carbocycles. The lowest BCUT2D eigenvalue weighted by atomic mass is 9.83. The molecule has 2 heterocycles. The fourth-order valence-electron chi connectivity index (χ4n) is 4.33. The van der Waals surface area contributed by atoms with Crippen LogP contribution in [0.5, 0.6) is 5.75 Å². The third-order valence-electron chi connectivity index (χ3n) is 6.08. The average molecular weight is 464 g/mol. The van der Waals surface area contributed by atoms with Gasteiger partial charge in [-0.3, -0.25) is 9.59 Å². The molecule has 0 bridgehead atoms. The van der Waals surface area contributed by atoms with Crippen LogP contribution in [0.2, 0.25) is 0 Å². The van der Waals surface area contributed by atoms with Crippen LogP contribution in [0.15, 0.2) is 60.1 Å². The molecule has 7 heteroatoms. The Hall–Kier alpha value is -3.19. The Morgan fingerprint density at radius 2 is 1.94 bits per heavy atom. The van der Waals surface area contributed by atoms with Gasteiger partial charge in [0.05, 0.1) is 19.1 Å². The highest BCUT2D eigenvalue weighted by Crippen LogP contribution is 2.38. The molecular weight excluding hydrogens is 434 g/mol. The molecule has 0 unspecified atom stereocenters. The molecule has 1 fully saturated rings. The molecule has 1 aliphatic rings. The molecule has 33 heavy (non-hydrogen) atoms. The number of anilines is 1. The van der Waals surface area contributed by atoms with Gasteiger partial charge in [-0.25, -0.2) is 4.98 Å². The summed E-state index contributed by atoms with van der Waals surface area (Å²) < 4.78 is 5.30. The first-order valence-electron chi connectivity index (χ1n) is 11.3. The van der Waals surface area contributed by atoms with E-state index in [0.717, 1.165) is 40.4 Å². The zero-order valence-electron chi connectivity index (χ0n) is 19.0. The number of benzene rings is 2. The van der Waals surface area contributed by atoms with Gasteiger partial charge in [0, 0.05) is 35.8 Å². The maximum Gasteiger partial charge on any atom is 0.229 e. The lowest BCUT2D eigenvalue weighted by molar-refractivity contribution is -0.142. The summed E-state index contributed by atoms with van der Waals surface area (Å²) in [6.07, 6.45) is 4.59. The van der Waals surface area contributed by atoms with Gasteiger partial charge in [-0.1, -0.05) is 25.5 Å². The molecule has 2 atom stereocenters. The molecule has 3 aromatic rings. The first-order chi connectivity index (χ1) is 16.1. The maximum absolute atomic E-state index is 13.4. The van der Waals surface area contributed by atoms with E-state index in [1.807, 2.05) is 58.8 Å². The molecule has 172 valence electrons. The van der Waals surface area contributed by atoms with Crippen LogP contribution in [0.1, 0.15) is 44.2 Å². The van der Waals surface area contributed by atoms with Crippen molar-refractivity contribution in [2.45, 2.75) is 38.6 Å². The predicted octanol–water partition coefficient (Wildman–Crippen LogP) is 5.54. The third-order valence-corrected chi connectivity index (χ3v) is 6.91. The van der Waals surface area contributed by atoms with Crippen molar-refractivity contribution in [2.75, 3.05) is 19.0 Å². The summed E-state index contributed by atoms with van der Waals surface area (Å²) in [6, 6.07) is 15.1. The van der Waals surface area contributed by atoms with Crippen molar-refractivity contribution in [2.24, 2.45) is 5.92 Å². The van der Waals surface area contributed by atoms with Gasteiger partial charge in [-0.05, 0) is 54.8 Å². The minimum Gasteiger partial charge on any atom is -0.497 e. The topological polar surface area (TPSA) is 71.5 Å². The van der Waals surface area contributed by atoms with Gasteiger partial charge >= 0.3 is 0 Å². The van der Waals surface area contributed by atoms with E-state index in [-0.39, 0.29) is 23.8 Å². The number of amides is 2. The Bertz CT molecular complexity index is 1070. The summed E-state index contributed by atoms with van der Waals surface area (Å²) >= 11 is 1.58. The van der Waals surface area contributed by atoms with Gasteiger partial charge in [-0.15, -0.1) is 11.3 Å². The van der Waals surface area contributed by atoms with Gasteiger partial charge in [0.25, 0.3) is 0 Å². The van der Waals surface area contributed by atoms with Crippen molar-refractivity contribution in [3.8, 4) is 16.3 Å². The summed E-state index contributed by atoms with van der Waals surface area (Å²) in [4.78, 5) is 32.5. The molecule has 1 N–H and O–H groups in total. The van der Waals surface area contributed by atoms with E-state index in [1.165, 1.54) is 0 Å². The highest BCUT2D eigenvalue weighted by molar-refractivity contribution is 7.13. The van der Waals surface area contributed by atoms with Crippen LogP contribution in [0.4, 0.5) is 5.69 Å². The number of piperidine rings is 1. The van der Waals surface area contributed by atoms with Crippen molar-refractivity contribution in [3.63, 3.8) is 0 Å². The zero-order valence-corrected chi connectivity index (χ0v) is 19.8. The molecule has 4 rings (SSSR count). The van der Waals surface area contributed by atoms with Gasteiger partial charge in [0.15, 0.2) is 0 Å². The summed E-state index contributed by atoms with van der Waals surface area (Å²) in [5.74, 6) is 0.474. The summed E-state index contributed by atoms with van der Waals surface area (Å²) in [5, 5.41) is 5.97. The van der Waals surface area contributed by atoms with E-state index in [9.17, 15) is 9.59 Å². The number of aromatic nitrogens is 1. The number of unbranched alkanes of at least 4 members (excludes halogenated alkanes) is 1. The quantitative estimate of drug-likeness (QED) is 0.476. The van der Waals surface area contributed by atoms with E-state index in [0.29, 0.717) is 19.4 Å². The number of thiazole rings is 1. The Morgan fingerprint density at radius 3 is 2.58 bits per heavy atom. The predicted molar refractivity (Wildman–Crippen MR) is 131 cm³/mol. The molecule has 0 aliphatic carbocycles. The first-order valence-corrected chi connectivity index (χ1v) is 12.2. The van der Waals surface area contributed by atoms with Crippen LogP contribution in [0.3, 0.4) is 0 Å². The second kappa shape index (κ2) is 10.6. The van der Waals surface area contributed by atoms with E-state index < -0.39 is 0 Å². The number of rotatable bonds is 8. The smallest absolute Gasteiger partial charge is 0.229 e. The van der Waals surface area contributed by atoms with Gasteiger partial charge < -0.3 is 15.0 Å². The van der Waals surface area contributed by atoms with Gasteiger partial charge in [-0.2, -0.15) is 0 Å². The lowest BCUT2D eigenvalue weighted by Gasteiger charge is -2.41. The number of likely N-dealkylation sites (tertiary alicyclic amines) is 1. The van der Waals surface area contributed by atoms with Crippen LogP contribution >= 0.6 is 11.3 Å². The highest BCUT2D eigenvalue weighted by Gasteiger charge is 2.40. The SMILES string of the molecule is CCCCN1C(=O)CC[C@@H](C(=O)Nc2ccc(-c3nccs3)cc2)[C@H]1c1ccc(OC)cc1. The number of hydrogen-bond acceptors (Lipinski definition) is 5. The average Bonchev–Trinajstić information content (AvgIpc) is 3.38. The van der Waals surface area contributed by atoms with Crippen molar-refractivity contribution < 1.29 is 14.3 Å². The normalized spacial score (nSPS) is 18.2. The largest absolute Gasteiger partial charge is 0.497 e. The molecule has 1 aliphatic heterocycles. The molecule has 1 aromatic heterocycles. The number of methoxy groups -OCH3 is 1. The second-order valence-corrected chi connectivity index (χ2v) is 9.10. The number of nitrogens with zero attached hydrogens (tertiary/aromatic N) is 2. The zero-order chi connectivity index (χ0) is 23.2. The van der Waals surface area contributed by atoms with Crippen molar-refractivity contribution in [3.05, 3.63) is 65.7 Å². The fourth-order valence-corrected chi connectivity index (χ4v) is 4.97. The molecule has 6 nitrogen and oxygen atoms in total. The number of ether oxygens (including phenoxy) is 1. The monoisotopic (exact) mass is 463 g/mol. The Kier molecular flexibility index (Phi) is 7.40. The first kappa shape index (κ1) is 23.0. The van der Waals surface area contributed by atoms with E-state index in [1.54, 1.807) is 24.6 Å². The molecule has 2 aromatic carbocycles. The van der Waals surface area contributed by atoms with Crippen molar-refractivity contribution >= 4 is 28.8 Å². The van der Waals surface area contributed by atoms with Crippen LogP contribution < -0.4 is 10.1 Å². The molecule has 2 amide bonds. The molecular formula is C26H29N3O3S. The number of hydrogen-bond donors (Lipinski definition) is 1. The molecule has 0 radical (unpaired) electrons. The third kappa shape index (κ3) is 5.25. The van der Waals surface area contributed by atoms with Gasteiger partial charge in [0.1, 0.15) is 10.8 Å².